The fraction of sp³-hybridized carbons (Fsp3) is 0.462. The Labute approximate surface area is 100 Å². The Kier molecular flexibility index (Phi) is 2.73. The van der Waals surface area contributed by atoms with Crippen molar-refractivity contribution in [1.29, 1.82) is 0 Å². The van der Waals surface area contributed by atoms with Crippen LogP contribution in [0, 0.1) is 0 Å². The first kappa shape index (κ1) is 11.8. The van der Waals surface area contributed by atoms with E-state index < -0.39 is 5.97 Å². The topological polar surface area (TPSA) is 55.8 Å². The number of carboxylic acids is 1. The van der Waals surface area contributed by atoms with Gasteiger partial charge in [0.1, 0.15) is 17.1 Å². The molecule has 0 aliphatic carbocycles. The van der Waals surface area contributed by atoms with Crippen LogP contribution in [0.25, 0.3) is 0 Å². The van der Waals surface area contributed by atoms with Crippen LogP contribution in [0.5, 0.6) is 11.5 Å². The second-order valence-electron chi connectivity index (χ2n) is 4.81. The van der Waals surface area contributed by atoms with Crippen LogP contribution in [0.15, 0.2) is 12.1 Å². The summed E-state index contributed by atoms with van der Waals surface area (Å²) in [5.41, 5.74) is 0.990. The molecule has 4 nitrogen and oxygen atoms in total. The van der Waals surface area contributed by atoms with Gasteiger partial charge < -0.3 is 14.6 Å². The number of fused-ring (bicyclic) bond motifs is 1. The molecule has 2 rings (SSSR count). The van der Waals surface area contributed by atoms with E-state index in [2.05, 4.69) is 13.8 Å². The van der Waals surface area contributed by atoms with Crippen molar-refractivity contribution in [3.63, 3.8) is 0 Å². The van der Waals surface area contributed by atoms with E-state index in [1.165, 1.54) is 7.11 Å². The Balaban J connectivity index is 2.68. The van der Waals surface area contributed by atoms with Crippen LogP contribution < -0.4 is 9.47 Å². The van der Waals surface area contributed by atoms with Crippen molar-refractivity contribution in [3.05, 3.63) is 23.3 Å². The number of carboxylic acid groups (broad SMARTS) is 1. The largest absolute Gasteiger partial charge is 0.496 e. The normalized spacial score (nSPS) is 16.9. The minimum atomic E-state index is -1.02. The molecule has 1 aliphatic heterocycles. The van der Waals surface area contributed by atoms with Gasteiger partial charge in [-0.2, -0.15) is 0 Å². The standard InChI is InChI=1S/C13H16O4/c1-13(2)6-7-17-11-8(13)4-5-9(16-3)10(11)12(14)15/h4-5H,6-7H2,1-3H3,(H,14,15). The van der Waals surface area contributed by atoms with Crippen molar-refractivity contribution in [1.82, 2.24) is 0 Å². The fourth-order valence-corrected chi connectivity index (χ4v) is 2.16. The number of methoxy groups -OCH3 is 1. The fourth-order valence-electron chi connectivity index (χ4n) is 2.16. The molecule has 0 atom stereocenters. The van der Waals surface area contributed by atoms with Crippen LogP contribution in [-0.4, -0.2) is 24.8 Å². The molecule has 0 spiro atoms. The summed E-state index contributed by atoms with van der Waals surface area (Å²) in [6, 6.07) is 3.58. The van der Waals surface area contributed by atoms with Gasteiger partial charge >= 0.3 is 5.97 Å². The number of ether oxygens (including phenoxy) is 2. The SMILES string of the molecule is COc1ccc2c(c1C(=O)O)OCCC2(C)C. The summed E-state index contributed by atoms with van der Waals surface area (Å²) in [6.07, 6.45) is 0.880. The molecule has 1 aromatic carbocycles. The quantitative estimate of drug-likeness (QED) is 0.857. The van der Waals surface area contributed by atoms with Gasteiger partial charge in [-0.15, -0.1) is 0 Å². The molecular formula is C13H16O4. The maximum Gasteiger partial charge on any atom is 0.343 e. The number of carbonyl (C=O) groups is 1. The lowest BCUT2D eigenvalue weighted by atomic mass is 9.79. The minimum Gasteiger partial charge on any atom is -0.496 e. The molecule has 0 bridgehead atoms. The van der Waals surface area contributed by atoms with Crippen molar-refractivity contribution < 1.29 is 19.4 Å². The van der Waals surface area contributed by atoms with E-state index in [-0.39, 0.29) is 11.0 Å². The Morgan fingerprint density at radius 1 is 1.47 bits per heavy atom. The highest BCUT2D eigenvalue weighted by Crippen LogP contribution is 2.43. The number of aromatic carboxylic acids is 1. The molecule has 0 radical (unpaired) electrons. The van der Waals surface area contributed by atoms with Crippen LogP contribution >= 0.6 is 0 Å². The predicted molar refractivity (Wildman–Crippen MR) is 63.1 cm³/mol. The minimum absolute atomic E-state index is 0.0654. The molecule has 1 heterocycles. The monoisotopic (exact) mass is 236 g/mol. The molecule has 0 aromatic heterocycles. The van der Waals surface area contributed by atoms with Crippen LogP contribution in [0.3, 0.4) is 0 Å². The zero-order valence-corrected chi connectivity index (χ0v) is 10.2. The lowest BCUT2D eigenvalue weighted by Gasteiger charge is -2.33. The molecule has 1 N–H and O–H groups in total. The molecule has 0 fully saturated rings. The van der Waals surface area contributed by atoms with E-state index in [0.717, 1.165) is 12.0 Å². The first-order valence-electron chi connectivity index (χ1n) is 5.55. The first-order valence-corrected chi connectivity index (χ1v) is 5.55. The molecule has 1 aromatic rings. The van der Waals surface area contributed by atoms with Crippen molar-refractivity contribution in [2.45, 2.75) is 25.7 Å². The average molecular weight is 236 g/mol. The highest BCUT2D eigenvalue weighted by molar-refractivity contribution is 5.95. The van der Waals surface area contributed by atoms with Crippen LogP contribution in [0.2, 0.25) is 0 Å². The van der Waals surface area contributed by atoms with Crippen molar-refractivity contribution in [2.24, 2.45) is 0 Å². The summed E-state index contributed by atoms with van der Waals surface area (Å²) in [6.45, 7) is 4.71. The molecule has 0 amide bonds. The smallest absolute Gasteiger partial charge is 0.343 e. The van der Waals surface area contributed by atoms with Crippen LogP contribution in [0.1, 0.15) is 36.2 Å². The second-order valence-corrected chi connectivity index (χ2v) is 4.81. The summed E-state index contributed by atoms with van der Waals surface area (Å²) < 4.78 is 10.6. The van der Waals surface area contributed by atoms with Crippen LogP contribution in [0.4, 0.5) is 0 Å². The maximum atomic E-state index is 11.3. The van der Waals surface area contributed by atoms with Gasteiger partial charge in [0.25, 0.3) is 0 Å². The van der Waals surface area contributed by atoms with E-state index >= 15 is 0 Å². The van der Waals surface area contributed by atoms with Gasteiger partial charge in [-0.05, 0) is 17.9 Å². The van der Waals surface area contributed by atoms with E-state index in [4.69, 9.17) is 9.47 Å². The van der Waals surface area contributed by atoms with E-state index in [9.17, 15) is 9.90 Å². The maximum absolute atomic E-state index is 11.3. The third-order valence-corrected chi connectivity index (χ3v) is 3.26. The molecule has 4 heteroatoms. The highest BCUT2D eigenvalue weighted by atomic mass is 16.5. The summed E-state index contributed by atoms with van der Waals surface area (Å²) in [4.78, 5) is 11.3. The molecule has 92 valence electrons. The van der Waals surface area contributed by atoms with Gasteiger partial charge in [-0.1, -0.05) is 19.9 Å². The van der Waals surface area contributed by atoms with E-state index in [1.807, 2.05) is 6.07 Å². The third-order valence-electron chi connectivity index (χ3n) is 3.26. The van der Waals surface area contributed by atoms with Gasteiger partial charge in [-0.3, -0.25) is 0 Å². The average Bonchev–Trinajstić information content (AvgIpc) is 2.26. The highest BCUT2D eigenvalue weighted by Gasteiger charge is 2.33. The molecule has 0 saturated carbocycles. The van der Waals surface area contributed by atoms with Crippen LogP contribution in [-0.2, 0) is 5.41 Å². The molecular weight excluding hydrogens is 220 g/mol. The Morgan fingerprint density at radius 3 is 2.76 bits per heavy atom. The van der Waals surface area contributed by atoms with Crippen molar-refractivity contribution in [2.75, 3.05) is 13.7 Å². The number of rotatable bonds is 2. The first-order chi connectivity index (χ1) is 7.97. The Morgan fingerprint density at radius 2 is 2.18 bits per heavy atom. The summed E-state index contributed by atoms with van der Waals surface area (Å²) in [5, 5.41) is 9.26. The molecule has 17 heavy (non-hydrogen) atoms. The van der Waals surface area contributed by atoms with Crippen molar-refractivity contribution >= 4 is 5.97 Å². The summed E-state index contributed by atoms with van der Waals surface area (Å²) in [5.74, 6) is -0.224. The van der Waals surface area contributed by atoms with E-state index in [0.29, 0.717) is 18.1 Å². The number of hydrogen-bond acceptors (Lipinski definition) is 3. The van der Waals surface area contributed by atoms with E-state index in [1.54, 1.807) is 6.07 Å². The predicted octanol–water partition coefficient (Wildman–Crippen LogP) is 2.45. The summed E-state index contributed by atoms with van der Waals surface area (Å²) in [7, 11) is 1.46. The number of hydrogen-bond donors (Lipinski definition) is 1. The van der Waals surface area contributed by atoms with Crippen molar-refractivity contribution in [3.8, 4) is 11.5 Å². The van der Waals surface area contributed by atoms with Gasteiger partial charge in [0.15, 0.2) is 0 Å². The zero-order valence-electron chi connectivity index (χ0n) is 10.2. The molecule has 1 aliphatic rings. The Bertz CT molecular complexity index is 463. The van der Waals surface area contributed by atoms with Gasteiger partial charge in [-0.25, -0.2) is 4.79 Å². The lowest BCUT2D eigenvalue weighted by Crippen LogP contribution is -2.28. The van der Waals surface area contributed by atoms with Gasteiger partial charge in [0.05, 0.1) is 13.7 Å². The number of benzene rings is 1. The third kappa shape index (κ3) is 1.84. The van der Waals surface area contributed by atoms with Gasteiger partial charge in [0, 0.05) is 5.56 Å². The summed E-state index contributed by atoms with van der Waals surface area (Å²) >= 11 is 0. The Hall–Kier alpha value is -1.71. The molecule has 0 unspecified atom stereocenters. The molecule has 0 saturated heterocycles. The second kappa shape index (κ2) is 3.95. The lowest BCUT2D eigenvalue weighted by molar-refractivity contribution is 0.0686. The van der Waals surface area contributed by atoms with Gasteiger partial charge in [0.2, 0.25) is 0 Å². The zero-order chi connectivity index (χ0) is 12.6.